The van der Waals surface area contributed by atoms with Crippen molar-refractivity contribution in [1.29, 1.82) is 0 Å². The lowest BCUT2D eigenvalue weighted by molar-refractivity contribution is -0.133. The molecule has 0 unspecified atom stereocenters. The monoisotopic (exact) mass is 365 g/mol. The van der Waals surface area contributed by atoms with Gasteiger partial charge in [-0.15, -0.1) is 0 Å². The summed E-state index contributed by atoms with van der Waals surface area (Å²) in [5.41, 5.74) is 3.60. The quantitative estimate of drug-likeness (QED) is 0.614. The van der Waals surface area contributed by atoms with Crippen LogP contribution in [0.4, 0.5) is 0 Å². The van der Waals surface area contributed by atoms with Crippen molar-refractivity contribution < 1.29 is 14.3 Å². The summed E-state index contributed by atoms with van der Waals surface area (Å²) in [7, 11) is 1.70. The van der Waals surface area contributed by atoms with E-state index in [0.717, 1.165) is 16.7 Å². The van der Waals surface area contributed by atoms with Gasteiger partial charge in [0.05, 0.1) is 5.56 Å². The first-order valence-corrected chi connectivity index (χ1v) is 9.15. The van der Waals surface area contributed by atoms with E-state index in [1.807, 2.05) is 59.3 Å². The minimum absolute atomic E-state index is 0.231. The van der Waals surface area contributed by atoms with Crippen LogP contribution < -0.4 is 0 Å². The molecule has 0 aliphatic heterocycles. The predicted molar refractivity (Wildman–Crippen MR) is 103 cm³/mol. The largest absolute Gasteiger partial charge is 0.452 e. The lowest BCUT2D eigenvalue weighted by Gasteiger charge is -2.16. The Hall–Kier alpha value is -2.92. The maximum Gasteiger partial charge on any atom is 0.338 e. The molecule has 0 fully saturated rings. The number of esters is 1. The van der Waals surface area contributed by atoms with Gasteiger partial charge in [-0.3, -0.25) is 4.79 Å². The van der Waals surface area contributed by atoms with Crippen LogP contribution in [0.3, 0.4) is 0 Å². The molecule has 3 rings (SSSR count). The highest BCUT2D eigenvalue weighted by Crippen LogP contribution is 2.19. The van der Waals surface area contributed by atoms with Crippen molar-refractivity contribution in [2.75, 3.05) is 13.7 Å². The Morgan fingerprint density at radius 2 is 1.65 bits per heavy atom. The maximum absolute atomic E-state index is 12.1. The number of carbonyl (C=O) groups is 2. The number of thiophene rings is 1. The van der Waals surface area contributed by atoms with Crippen molar-refractivity contribution >= 4 is 23.2 Å². The molecule has 0 spiro atoms. The Bertz CT molecular complexity index is 858. The molecule has 0 N–H and O–H groups in total. The van der Waals surface area contributed by atoms with Gasteiger partial charge < -0.3 is 9.64 Å². The highest BCUT2D eigenvalue weighted by Gasteiger charge is 2.14. The zero-order valence-electron chi connectivity index (χ0n) is 14.4. The third-order valence-electron chi connectivity index (χ3n) is 3.98. The lowest BCUT2D eigenvalue weighted by Crippen LogP contribution is -2.30. The van der Waals surface area contributed by atoms with Gasteiger partial charge in [0, 0.05) is 13.6 Å². The number of hydrogen-bond donors (Lipinski definition) is 0. The molecule has 2 aromatic carbocycles. The molecule has 0 radical (unpaired) electrons. The summed E-state index contributed by atoms with van der Waals surface area (Å²) in [5.74, 6) is -0.729. The van der Waals surface area contributed by atoms with Gasteiger partial charge in [0.2, 0.25) is 0 Å². The molecule has 0 bridgehead atoms. The van der Waals surface area contributed by atoms with Crippen LogP contribution in [0, 0.1) is 0 Å². The molecule has 5 heteroatoms. The van der Waals surface area contributed by atoms with Crippen molar-refractivity contribution in [2.45, 2.75) is 6.54 Å². The van der Waals surface area contributed by atoms with Gasteiger partial charge in [-0.25, -0.2) is 4.79 Å². The van der Waals surface area contributed by atoms with Crippen molar-refractivity contribution in [3.05, 3.63) is 82.6 Å². The minimum Gasteiger partial charge on any atom is -0.452 e. The lowest BCUT2D eigenvalue weighted by atomic mass is 10.0. The van der Waals surface area contributed by atoms with E-state index in [1.54, 1.807) is 35.4 Å². The molecule has 1 heterocycles. The summed E-state index contributed by atoms with van der Waals surface area (Å²) < 4.78 is 5.15. The SMILES string of the molecule is CN(Cc1ccsc1)C(=O)COC(=O)c1ccc(-c2ccccc2)cc1. The second kappa shape index (κ2) is 8.45. The second-order valence-electron chi connectivity index (χ2n) is 5.90. The van der Waals surface area contributed by atoms with Crippen LogP contribution in [0.25, 0.3) is 11.1 Å². The molecule has 1 aromatic heterocycles. The number of carbonyl (C=O) groups excluding carboxylic acids is 2. The maximum atomic E-state index is 12.1. The molecule has 0 atom stereocenters. The molecule has 26 heavy (non-hydrogen) atoms. The average molecular weight is 365 g/mol. The minimum atomic E-state index is -0.498. The number of hydrogen-bond acceptors (Lipinski definition) is 4. The first kappa shape index (κ1) is 17.9. The molecule has 0 aliphatic carbocycles. The first-order valence-electron chi connectivity index (χ1n) is 8.21. The summed E-state index contributed by atoms with van der Waals surface area (Å²) >= 11 is 1.58. The van der Waals surface area contributed by atoms with E-state index < -0.39 is 5.97 Å². The highest BCUT2D eigenvalue weighted by atomic mass is 32.1. The summed E-state index contributed by atoms with van der Waals surface area (Å²) in [5, 5.41) is 3.96. The molecular formula is C21H19NO3S. The molecule has 0 saturated carbocycles. The van der Waals surface area contributed by atoms with Crippen molar-refractivity contribution in [1.82, 2.24) is 4.90 Å². The number of benzene rings is 2. The van der Waals surface area contributed by atoms with E-state index in [2.05, 4.69) is 0 Å². The Balaban J connectivity index is 1.54. The van der Waals surface area contributed by atoms with Crippen molar-refractivity contribution in [2.24, 2.45) is 0 Å². The summed E-state index contributed by atoms with van der Waals surface area (Å²) in [6.45, 7) is 0.242. The van der Waals surface area contributed by atoms with Crippen LogP contribution in [-0.2, 0) is 16.1 Å². The van der Waals surface area contributed by atoms with Gasteiger partial charge in [0.15, 0.2) is 6.61 Å². The van der Waals surface area contributed by atoms with E-state index in [1.165, 1.54) is 0 Å². The third kappa shape index (κ3) is 4.58. The fourth-order valence-corrected chi connectivity index (χ4v) is 3.15. The van der Waals surface area contributed by atoms with E-state index >= 15 is 0 Å². The Labute approximate surface area is 156 Å². The topological polar surface area (TPSA) is 46.6 Å². The van der Waals surface area contributed by atoms with E-state index in [4.69, 9.17) is 4.74 Å². The normalized spacial score (nSPS) is 10.3. The number of amides is 1. The summed E-state index contributed by atoms with van der Waals surface area (Å²) in [6.07, 6.45) is 0. The van der Waals surface area contributed by atoms with Crippen LogP contribution in [0.2, 0.25) is 0 Å². The smallest absolute Gasteiger partial charge is 0.338 e. The van der Waals surface area contributed by atoms with Gasteiger partial charge >= 0.3 is 5.97 Å². The van der Waals surface area contributed by atoms with E-state index in [9.17, 15) is 9.59 Å². The fraction of sp³-hybridized carbons (Fsp3) is 0.143. The number of ether oxygens (including phenoxy) is 1. The Kier molecular flexibility index (Phi) is 5.81. The van der Waals surface area contributed by atoms with Gasteiger partial charge in [-0.2, -0.15) is 11.3 Å². The standard InChI is InChI=1S/C21H19NO3S/c1-22(13-16-11-12-26-15-16)20(23)14-25-21(24)19-9-7-18(8-10-19)17-5-3-2-4-6-17/h2-12,15H,13-14H2,1H3. The Morgan fingerprint density at radius 3 is 2.31 bits per heavy atom. The first-order chi connectivity index (χ1) is 12.6. The molecule has 3 aromatic rings. The van der Waals surface area contributed by atoms with Crippen LogP contribution in [-0.4, -0.2) is 30.4 Å². The summed E-state index contributed by atoms with van der Waals surface area (Å²) in [6, 6.07) is 19.0. The van der Waals surface area contributed by atoms with Gasteiger partial charge in [0.25, 0.3) is 5.91 Å². The molecule has 4 nitrogen and oxygen atoms in total. The van der Waals surface area contributed by atoms with Crippen LogP contribution >= 0.6 is 11.3 Å². The van der Waals surface area contributed by atoms with E-state index in [0.29, 0.717) is 12.1 Å². The molecule has 0 aliphatic rings. The molecular weight excluding hydrogens is 346 g/mol. The third-order valence-corrected chi connectivity index (χ3v) is 4.71. The number of rotatable bonds is 6. The van der Waals surface area contributed by atoms with Gasteiger partial charge in [-0.05, 0) is 45.6 Å². The number of likely N-dealkylation sites (N-methyl/N-ethyl adjacent to an activating group) is 1. The van der Waals surface area contributed by atoms with Crippen molar-refractivity contribution in [3.8, 4) is 11.1 Å². The van der Waals surface area contributed by atoms with Crippen LogP contribution in [0.5, 0.6) is 0 Å². The number of nitrogens with zero attached hydrogens (tertiary/aromatic N) is 1. The summed E-state index contributed by atoms with van der Waals surface area (Å²) in [4.78, 5) is 25.8. The van der Waals surface area contributed by atoms with Crippen molar-refractivity contribution in [3.63, 3.8) is 0 Å². The van der Waals surface area contributed by atoms with Gasteiger partial charge in [0.1, 0.15) is 0 Å². The second-order valence-corrected chi connectivity index (χ2v) is 6.68. The van der Waals surface area contributed by atoms with E-state index in [-0.39, 0.29) is 12.5 Å². The van der Waals surface area contributed by atoms with Gasteiger partial charge in [-0.1, -0.05) is 42.5 Å². The molecule has 132 valence electrons. The average Bonchev–Trinajstić information content (AvgIpc) is 3.19. The highest BCUT2D eigenvalue weighted by molar-refractivity contribution is 7.07. The van der Waals surface area contributed by atoms with Crippen LogP contribution in [0.1, 0.15) is 15.9 Å². The zero-order chi connectivity index (χ0) is 18.4. The van der Waals surface area contributed by atoms with Crippen LogP contribution in [0.15, 0.2) is 71.4 Å². The predicted octanol–water partition coefficient (Wildman–Crippen LogP) is 4.23. The molecule has 1 amide bonds. The fourth-order valence-electron chi connectivity index (χ4n) is 2.49. The molecule has 0 saturated heterocycles. The zero-order valence-corrected chi connectivity index (χ0v) is 15.2. The Morgan fingerprint density at radius 1 is 0.962 bits per heavy atom.